The summed E-state index contributed by atoms with van der Waals surface area (Å²) in [4.78, 5) is 24.5. The van der Waals surface area contributed by atoms with Crippen molar-refractivity contribution in [1.29, 1.82) is 0 Å². The molecule has 1 amide bonds. The molecule has 214 valence electrons. The third-order valence-electron chi connectivity index (χ3n) is 8.06. The molecule has 0 saturated heterocycles. The molecule has 1 heterocycles. The lowest BCUT2D eigenvalue weighted by atomic mass is 9.83. The van der Waals surface area contributed by atoms with Crippen molar-refractivity contribution in [2.45, 2.75) is 89.1 Å². The number of hydroxylamine groups is 1. The first-order valence-corrected chi connectivity index (χ1v) is 15.2. The highest BCUT2D eigenvalue weighted by Crippen LogP contribution is 2.31. The summed E-state index contributed by atoms with van der Waals surface area (Å²) in [7, 11) is 0. The highest BCUT2D eigenvalue weighted by atomic mass is 32.1. The van der Waals surface area contributed by atoms with E-state index < -0.39 is 11.9 Å². The SMILES string of the molecule is N[C@@H](CC1CCC(Oc2ccc(CNCc3ccc4cc(C(=O)NO)sc4c3)cc2)CC1)C(=O)OC1CCCC1. The second kappa shape index (κ2) is 13.6. The average Bonchev–Trinajstić information content (AvgIpc) is 3.64. The Morgan fingerprint density at radius 3 is 2.35 bits per heavy atom. The number of thiophene rings is 1. The Balaban J connectivity index is 1.01. The maximum atomic E-state index is 12.3. The normalized spacial score (nSPS) is 20.4. The fraction of sp³-hybridized carbons (Fsp3) is 0.484. The van der Waals surface area contributed by atoms with E-state index in [4.69, 9.17) is 20.4 Å². The van der Waals surface area contributed by atoms with Crippen LogP contribution in [0.3, 0.4) is 0 Å². The van der Waals surface area contributed by atoms with Crippen LogP contribution in [-0.2, 0) is 22.6 Å². The number of nitrogens with two attached hydrogens (primary N) is 1. The van der Waals surface area contributed by atoms with Crippen molar-refractivity contribution >= 4 is 33.3 Å². The predicted molar refractivity (Wildman–Crippen MR) is 155 cm³/mol. The standard InChI is InChI=1S/C31H39N3O5S/c32-27(31(36)39-24-3-1-2-4-24)15-20-6-11-25(12-7-20)38-26-13-8-21(9-14-26)18-33-19-22-5-10-23-17-29(30(35)34-37)40-28(23)16-22/h5,8-10,13-14,16-17,20,24-25,27,33,37H,1-4,6-7,11-12,15,18-19,32H2,(H,34,35)/t20?,25?,27-/m0/s1. The number of hydrogen-bond donors (Lipinski definition) is 4. The summed E-state index contributed by atoms with van der Waals surface area (Å²) < 4.78 is 12.9. The summed E-state index contributed by atoms with van der Waals surface area (Å²) in [6.07, 6.45) is 9.17. The van der Waals surface area contributed by atoms with Gasteiger partial charge in [0.1, 0.15) is 17.9 Å². The van der Waals surface area contributed by atoms with Gasteiger partial charge in [0.2, 0.25) is 0 Å². The summed E-state index contributed by atoms with van der Waals surface area (Å²) in [5.74, 6) is 0.614. The van der Waals surface area contributed by atoms with Crippen LogP contribution >= 0.6 is 11.3 Å². The van der Waals surface area contributed by atoms with Crippen LogP contribution in [0.2, 0.25) is 0 Å². The van der Waals surface area contributed by atoms with Crippen molar-refractivity contribution in [3.63, 3.8) is 0 Å². The van der Waals surface area contributed by atoms with E-state index in [-0.39, 0.29) is 18.2 Å². The number of carbonyl (C=O) groups is 2. The molecule has 0 spiro atoms. The quantitative estimate of drug-likeness (QED) is 0.138. The number of ether oxygens (including phenoxy) is 2. The van der Waals surface area contributed by atoms with Crippen molar-refractivity contribution in [2.24, 2.45) is 11.7 Å². The zero-order chi connectivity index (χ0) is 27.9. The van der Waals surface area contributed by atoms with Gasteiger partial charge >= 0.3 is 5.97 Å². The summed E-state index contributed by atoms with van der Waals surface area (Å²) in [6.45, 7) is 1.44. The van der Waals surface area contributed by atoms with Crippen molar-refractivity contribution in [2.75, 3.05) is 0 Å². The van der Waals surface area contributed by atoms with Crippen molar-refractivity contribution in [3.05, 3.63) is 64.5 Å². The second-order valence-corrected chi connectivity index (χ2v) is 12.2. The Bertz CT molecular complexity index is 1280. The topological polar surface area (TPSA) is 123 Å². The number of fused-ring (bicyclic) bond motifs is 1. The number of amides is 1. The Morgan fingerprint density at radius 2 is 1.62 bits per heavy atom. The molecule has 9 heteroatoms. The molecule has 1 atom stereocenters. The number of rotatable bonds is 11. The molecule has 1 aromatic heterocycles. The fourth-order valence-corrected chi connectivity index (χ4v) is 6.80. The molecule has 0 unspecified atom stereocenters. The molecule has 2 aliphatic rings. The molecular formula is C31H39N3O5S. The van der Waals surface area contributed by atoms with E-state index in [1.165, 1.54) is 16.9 Å². The average molecular weight is 566 g/mol. The van der Waals surface area contributed by atoms with Crippen molar-refractivity contribution in [1.82, 2.24) is 10.8 Å². The second-order valence-electron chi connectivity index (χ2n) is 11.1. The molecule has 3 aromatic rings. The minimum Gasteiger partial charge on any atom is -0.490 e. The van der Waals surface area contributed by atoms with Crippen LogP contribution in [-0.4, -0.2) is 35.3 Å². The van der Waals surface area contributed by atoms with Gasteiger partial charge in [-0.25, -0.2) is 5.48 Å². The number of esters is 1. The molecule has 2 saturated carbocycles. The number of carbonyl (C=O) groups excluding carboxylic acids is 2. The van der Waals surface area contributed by atoms with Gasteiger partial charge in [-0.1, -0.05) is 24.3 Å². The summed E-state index contributed by atoms with van der Waals surface area (Å²) in [5.41, 5.74) is 10.2. The van der Waals surface area contributed by atoms with Gasteiger partial charge in [0.15, 0.2) is 0 Å². The first-order valence-electron chi connectivity index (χ1n) is 14.4. The van der Waals surface area contributed by atoms with Gasteiger partial charge in [0, 0.05) is 17.8 Å². The van der Waals surface area contributed by atoms with Gasteiger partial charge in [-0.3, -0.25) is 14.8 Å². The summed E-state index contributed by atoms with van der Waals surface area (Å²) >= 11 is 1.36. The molecule has 40 heavy (non-hydrogen) atoms. The molecule has 0 radical (unpaired) electrons. The van der Waals surface area contributed by atoms with E-state index in [2.05, 4.69) is 23.5 Å². The van der Waals surface area contributed by atoms with Crippen molar-refractivity contribution in [3.8, 4) is 5.75 Å². The minimum atomic E-state index is -0.518. The minimum absolute atomic E-state index is 0.0745. The molecule has 8 nitrogen and oxygen atoms in total. The van der Waals surface area contributed by atoms with Gasteiger partial charge in [-0.05, 0) is 104 Å². The van der Waals surface area contributed by atoms with Crippen LogP contribution in [0.25, 0.3) is 10.1 Å². The third kappa shape index (κ3) is 7.60. The summed E-state index contributed by atoms with van der Waals surface area (Å²) in [6, 6.07) is 15.6. The van der Waals surface area contributed by atoms with Crippen LogP contribution in [0.1, 0.15) is 78.6 Å². The van der Waals surface area contributed by atoms with E-state index >= 15 is 0 Å². The lowest BCUT2D eigenvalue weighted by molar-refractivity contribution is -0.150. The van der Waals surface area contributed by atoms with Gasteiger partial charge in [-0.2, -0.15) is 0 Å². The maximum absolute atomic E-state index is 12.3. The molecule has 2 fully saturated rings. The highest BCUT2D eigenvalue weighted by molar-refractivity contribution is 7.20. The van der Waals surface area contributed by atoms with Gasteiger partial charge in [0.25, 0.3) is 5.91 Å². The lowest BCUT2D eigenvalue weighted by Crippen LogP contribution is -2.37. The highest BCUT2D eigenvalue weighted by Gasteiger charge is 2.28. The smallest absolute Gasteiger partial charge is 0.323 e. The Morgan fingerprint density at radius 1 is 0.925 bits per heavy atom. The van der Waals surface area contributed by atoms with Crippen LogP contribution < -0.4 is 21.3 Å². The number of hydrogen-bond acceptors (Lipinski definition) is 8. The third-order valence-corrected chi connectivity index (χ3v) is 9.16. The summed E-state index contributed by atoms with van der Waals surface area (Å²) in [5, 5.41) is 13.3. The monoisotopic (exact) mass is 565 g/mol. The first-order chi connectivity index (χ1) is 19.5. The fourth-order valence-electron chi connectivity index (χ4n) is 5.78. The lowest BCUT2D eigenvalue weighted by Gasteiger charge is -2.30. The Labute approximate surface area is 239 Å². The first kappa shape index (κ1) is 28.5. The Kier molecular flexibility index (Phi) is 9.70. The molecule has 5 N–H and O–H groups in total. The van der Waals surface area contributed by atoms with Crippen LogP contribution in [0.5, 0.6) is 5.75 Å². The van der Waals surface area contributed by atoms with E-state index in [1.54, 1.807) is 11.5 Å². The predicted octanol–water partition coefficient (Wildman–Crippen LogP) is 5.45. The zero-order valence-electron chi connectivity index (χ0n) is 22.8. The molecule has 2 aliphatic carbocycles. The van der Waals surface area contributed by atoms with E-state index in [9.17, 15) is 9.59 Å². The maximum Gasteiger partial charge on any atom is 0.323 e. The molecule has 5 rings (SSSR count). The largest absolute Gasteiger partial charge is 0.490 e. The zero-order valence-corrected chi connectivity index (χ0v) is 23.6. The van der Waals surface area contributed by atoms with Crippen LogP contribution in [0.15, 0.2) is 48.5 Å². The molecule has 0 bridgehead atoms. The van der Waals surface area contributed by atoms with E-state index in [0.717, 1.165) is 79.3 Å². The van der Waals surface area contributed by atoms with E-state index in [1.807, 2.05) is 24.3 Å². The van der Waals surface area contributed by atoms with Crippen molar-refractivity contribution < 1.29 is 24.3 Å². The molecular weight excluding hydrogens is 526 g/mol. The number of nitrogens with one attached hydrogen (secondary N) is 2. The van der Waals surface area contributed by atoms with Crippen LogP contribution in [0.4, 0.5) is 0 Å². The molecule has 0 aliphatic heterocycles. The van der Waals surface area contributed by atoms with E-state index in [0.29, 0.717) is 23.8 Å². The van der Waals surface area contributed by atoms with Gasteiger partial charge < -0.3 is 20.5 Å². The Hall–Kier alpha value is -2.98. The molecule has 2 aromatic carbocycles. The van der Waals surface area contributed by atoms with Gasteiger partial charge in [-0.15, -0.1) is 11.3 Å². The number of benzene rings is 2. The van der Waals surface area contributed by atoms with Gasteiger partial charge in [0.05, 0.1) is 11.0 Å². The van der Waals surface area contributed by atoms with Crippen LogP contribution in [0, 0.1) is 5.92 Å².